The number of carbonyl (C=O) groups is 2. The molecule has 2 N–H and O–H groups in total. The molecule has 0 aromatic heterocycles. The summed E-state index contributed by atoms with van der Waals surface area (Å²) in [5, 5.41) is 20.0. The summed E-state index contributed by atoms with van der Waals surface area (Å²) in [4.78, 5) is 21.8. The average molecular weight is 287 g/mol. The Morgan fingerprint density at radius 3 is 2.10 bits per heavy atom. The molecule has 1 heterocycles. The van der Waals surface area contributed by atoms with Crippen LogP contribution in [0.3, 0.4) is 0 Å². The highest BCUT2D eigenvalue weighted by atomic mass is 16.5. The molecule has 0 atom stereocenters. The van der Waals surface area contributed by atoms with E-state index >= 15 is 0 Å². The molecule has 0 bridgehead atoms. The minimum Gasteiger partial charge on any atom is -0.481 e. The summed E-state index contributed by atoms with van der Waals surface area (Å²) in [7, 11) is 0. The number of hydrogen-bond acceptors (Lipinski definition) is 5. The zero-order valence-corrected chi connectivity index (χ0v) is 12.7. The van der Waals surface area contributed by atoms with E-state index in [-0.39, 0.29) is 36.4 Å². The normalized spacial score (nSPS) is 22.4. The number of hydrogen-bond donors (Lipinski definition) is 2. The van der Waals surface area contributed by atoms with Crippen molar-refractivity contribution in [2.75, 3.05) is 6.61 Å². The van der Waals surface area contributed by atoms with Crippen LogP contribution >= 0.6 is 0 Å². The molecule has 1 rings (SSSR count). The molecule has 1 saturated heterocycles. The van der Waals surface area contributed by atoms with Crippen LogP contribution in [0.15, 0.2) is 0 Å². The minimum absolute atomic E-state index is 0.0963. The largest absolute Gasteiger partial charge is 0.481 e. The van der Waals surface area contributed by atoms with Crippen LogP contribution in [0.2, 0.25) is 0 Å². The van der Waals surface area contributed by atoms with Gasteiger partial charge in [-0.05, 0) is 46.5 Å². The van der Waals surface area contributed by atoms with Gasteiger partial charge in [0.1, 0.15) is 0 Å². The number of piperidine rings is 1. The lowest BCUT2D eigenvalue weighted by molar-refractivity contribution is -0.253. The predicted octanol–water partition coefficient (Wildman–Crippen LogP) is 2.05. The van der Waals surface area contributed by atoms with Crippen molar-refractivity contribution < 1.29 is 24.6 Å². The van der Waals surface area contributed by atoms with Crippen molar-refractivity contribution in [3.8, 4) is 0 Å². The molecule has 6 heteroatoms. The molecule has 20 heavy (non-hydrogen) atoms. The average Bonchev–Trinajstić information content (AvgIpc) is 2.30. The molecule has 1 aliphatic rings. The highest BCUT2D eigenvalue weighted by Gasteiger charge is 2.45. The van der Waals surface area contributed by atoms with E-state index in [4.69, 9.17) is 9.84 Å². The van der Waals surface area contributed by atoms with Crippen LogP contribution in [0, 0.1) is 5.92 Å². The van der Waals surface area contributed by atoms with Gasteiger partial charge in [-0.2, -0.15) is 5.06 Å². The maximum absolute atomic E-state index is 11.4. The van der Waals surface area contributed by atoms with E-state index in [9.17, 15) is 14.8 Å². The second kappa shape index (κ2) is 6.10. The predicted molar refractivity (Wildman–Crippen MR) is 72.3 cm³/mol. The molecule has 116 valence electrons. The molecule has 0 amide bonds. The van der Waals surface area contributed by atoms with E-state index in [2.05, 4.69) is 0 Å². The first-order valence-corrected chi connectivity index (χ1v) is 6.91. The van der Waals surface area contributed by atoms with Crippen molar-refractivity contribution >= 4 is 11.9 Å². The zero-order chi connectivity index (χ0) is 15.6. The molecule has 0 radical (unpaired) electrons. The maximum Gasteiger partial charge on any atom is 0.306 e. The Balaban J connectivity index is 2.49. The van der Waals surface area contributed by atoms with E-state index < -0.39 is 11.9 Å². The van der Waals surface area contributed by atoms with Gasteiger partial charge < -0.3 is 15.1 Å². The first kappa shape index (κ1) is 16.9. The summed E-state index contributed by atoms with van der Waals surface area (Å²) in [6.07, 6.45) is 1.14. The molecule has 1 aliphatic heterocycles. The molecule has 1 fully saturated rings. The van der Waals surface area contributed by atoms with Crippen LogP contribution in [0.4, 0.5) is 0 Å². The molecule has 0 unspecified atom stereocenters. The SMILES string of the molecule is CC1(C)CC(COC(=O)CCC(=O)O)CC(C)(C)N1O. The van der Waals surface area contributed by atoms with Gasteiger partial charge in [-0.3, -0.25) is 9.59 Å². The number of rotatable bonds is 5. The summed E-state index contributed by atoms with van der Waals surface area (Å²) in [5.74, 6) is -1.32. The lowest BCUT2D eigenvalue weighted by Crippen LogP contribution is -2.59. The Morgan fingerprint density at radius 2 is 1.65 bits per heavy atom. The quantitative estimate of drug-likeness (QED) is 0.753. The first-order chi connectivity index (χ1) is 9.04. The summed E-state index contributed by atoms with van der Waals surface area (Å²) in [5.41, 5.74) is -0.750. The van der Waals surface area contributed by atoms with Crippen LogP contribution in [0.1, 0.15) is 53.4 Å². The van der Waals surface area contributed by atoms with Gasteiger partial charge in [0.2, 0.25) is 0 Å². The smallest absolute Gasteiger partial charge is 0.306 e. The van der Waals surface area contributed by atoms with E-state index in [1.165, 1.54) is 5.06 Å². The van der Waals surface area contributed by atoms with Crippen LogP contribution in [-0.2, 0) is 14.3 Å². The van der Waals surface area contributed by atoms with Crippen LogP contribution in [0.5, 0.6) is 0 Å². The zero-order valence-electron chi connectivity index (χ0n) is 12.7. The third kappa shape index (κ3) is 4.45. The lowest BCUT2D eigenvalue weighted by Gasteiger charge is -2.51. The van der Waals surface area contributed by atoms with Crippen molar-refractivity contribution in [3.05, 3.63) is 0 Å². The fourth-order valence-corrected chi connectivity index (χ4v) is 3.09. The number of aliphatic carboxylic acids is 1. The van der Waals surface area contributed by atoms with E-state index in [0.29, 0.717) is 0 Å². The molecular formula is C14H25NO5. The highest BCUT2D eigenvalue weighted by molar-refractivity contribution is 5.76. The first-order valence-electron chi connectivity index (χ1n) is 6.91. The highest BCUT2D eigenvalue weighted by Crippen LogP contribution is 2.39. The lowest BCUT2D eigenvalue weighted by atomic mass is 9.75. The number of hydroxylamine groups is 2. The number of nitrogens with zero attached hydrogens (tertiary/aromatic N) is 1. The number of carboxylic acid groups (broad SMARTS) is 1. The summed E-state index contributed by atoms with van der Waals surface area (Å²) in [6, 6.07) is 0. The Morgan fingerprint density at radius 1 is 1.15 bits per heavy atom. The number of carbonyl (C=O) groups excluding carboxylic acids is 1. The third-order valence-corrected chi connectivity index (χ3v) is 3.75. The fourth-order valence-electron chi connectivity index (χ4n) is 3.09. The van der Waals surface area contributed by atoms with Crippen molar-refractivity contribution in [2.24, 2.45) is 5.92 Å². The fraction of sp³-hybridized carbons (Fsp3) is 0.857. The van der Waals surface area contributed by atoms with E-state index in [1.807, 2.05) is 27.7 Å². The van der Waals surface area contributed by atoms with Gasteiger partial charge in [-0.25, -0.2) is 0 Å². The summed E-state index contributed by atoms with van der Waals surface area (Å²) < 4.78 is 5.15. The second-order valence-corrected chi connectivity index (χ2v) is 6.79. The van der Waals surface area contributed by atoms with Crippen LogP contribution in [-0.4, -0.2) is 45.0 Å². The van der Waals surface area contributed by atoms with Gasteiger partial charge in [0.05, 0.1) is 19.4 Å². The van der Waals surface area contributed by atoms with Crippen molar-refractivity contribution in [3.63, 3.8) is 0 Å². The van der Waals surface area contributed by atoms with E-state index in [0.717, 1.165) is 12.8 Å². The van der Waals surface area contributed by atoms with Crippen LogP contribution < -0.4 is 0 Å². The Bertz CT molecular complexity index is 360. The Hall–Kier alpha value is -1.14. The molecule has 6 nitrogen and oxygen atoms in total. The number of carboxylic acids is 1. The van der Waals surface area contributed by atoms with Gasteiger partial charge in [0, 0.05) is 11.1 Å². The van der Waals surface area contributed by atoms with Crippen molar-refractivity contribution in [1.29, 1.82) is 0 Å². The number of esters is 1. The topological polar surface area (TPSA) is 87.1 Å². The van der Waals surface area contributed by atoms with Crippen molar-refractivity contribution in [2.45, 2.75) is 64.5 Å². The number of ether oxygens (including phenoxy) is 1. The third-order valence-electron chi connectivity index (χ3n) is 3.75. The summed E-state index contributed by atoms with van der Waals surface area (Å²) >= 11 is 0. The van der Waals surface area contributed by atoms with Crippen LogP contribution in [0.25, 0.3) is 0 Å². The van der Waals surface area contributed by atoms with Gasteiger partial charge in [-0.15, -0.1) is 0 Å². The standard InChI is InChI=1S/C14H25NO5/c1-13(2)7-10(8-14(3,4)15(13)19)9-20-12(18)6-5-11(16)17/h10,19H,5-9H2,1-4H3,(H,16,17). The molecule has 0 aliphatic carbocycles. The summed E-state index contributed by atoms with van der Waals surface area (Å²) in [6.45, 7) is 8.08. The Labute approximate surface area is 119 Å². The van der Waals surface area contributed by atoms with Crippen molar-refractivity contribution in [1.82, 2.24) is 5.06 Å². The van der Waals surface area contributed by atoms with Gasteiger partial charge in [-0.1, -0.05) is 0 Å². The Kier molecular flexibility index (Phi) is 5.15. The molecular weight excluding hydrogens is 262 g/mol. The monoisotopic (exact) mass is 287 g/mol. The molecule has 0 aromatic rings. The van der Waals surface area contributed by atoms with Gasteiger partial charge in [0.25, 0.3) is 0 Å². The molecule has 0 spiro atoms. The second-order valence-electron chi connectivity index (χ2n) is 6.79. The van der Waals surface area contributed by atoms with Gasteiger partial charge in [0.15, 0.2) is 0 Å². The molecule has 0 saturated carbocycles. The minimum atomic E-state index is -1.00. The maximum atomic E-state index is 11.4. The van der Waals surface area contributed by atoms with Gasteiger partial charge >= 0.3 is 11.9 Å². The van der Waals surface area contributed by atoms with E-state index in [1.54, 1.807) is 0 Å². The molecule has 0 aromatic carbocycles.